The number of pyridine rings is 1. The van der Waals surface area contributed by atoms with Gasteiger partial charge in [0, 0.05) is 46.5 Å². The highest BCUT2D eigenvalue weighted by molar-refractivity contribution is 14.0. The second-order valence-electron chi connectivity index (χ2n) is 7.43. The zero-order valence-corrected chi connectivity index (χ0v) is 20.8. The SMILES string of the molecule is CN=C(NCc1ccc(N2CCOC(C)C2)nc1)N(C)Cc1ccc(OC(F)F)cc1.I. The number of aliphatic imine (C=N–C) groups is 1. The van der Waals surface area contributed by atoms with Gasteiger partial charge in [0.25, 0.3) is 0 Å². The molecule has 2 heterocycles. The van der Waals surface area contributed by atoms with Crippen molar-refractivity contribution in [2.75, 3.05) is 38.7 Å². The van der Waals surface area contributed by atoms with Crippen LogP contribution in [-0.2, 0) is 17.8 Å². The van der Waals surface area contributed by atoms with Crippen LogP contribution in [0.3, 0.4) is 0 Å². The average molecular weight is 561 g/mol. The largest absolute Gasteiger partial charge is 0.435 e. The Morgan fingerprint density at radius 2 is 2.00 bits per heavy atom. The smallest absolute Gasteiger partial charge is 0.387 e. The summed E-state index contributed by atoms with van der Waals surface area (Å²) in [5.74, 6) is 1.82. The number of hydrogen-bond acceptors (Lipinski definition) is 5. The van der Waals surface area contributed by atoms with Gasteiger partial charge in [-0.1, -0.05) is 18.2 Å². The van der Waals surface area contributed by atoms with Gasteiger partial charge in [-0.3, -0.25) is 4.99 Å². The molecule has 3 rings (SSSR count). The highest BCUT2D eigenvalue weighted by Crippen LogP contribution is 2.17. The Morgan fingerprint density at radius 1 is 1.28 bits per heavy atom. The van der Waals surface area contributed by atoms with Gasteiger partial charge in [-0.05, 0) is 36.2 Å². The summed E-state index contributed by atoms with van der Waals surface area (Å²) in [6, 6.07) is 10.7. The summed E-state index contributed by atoms with van der Waals surface area (Å²) in [6.45, 7) is 2.82. The monoisotopic (exact) mass is 561 g/mol. The Kier molecular flexibility index (Phi) is 10.4. The first kappa shape index (κ1) is 26.0. The molecule has 1 unspecified atom stereocenters. The third-order valence-corrected chi connectivity index (χ3v) is 4.97. The summed E-state index contributed by atoms with van der Waals surface area (Å²) in [6.07, 6.45) is 2.08. The van der Waals surface area contributed by atoms with Crippen LogP contribution < -0.4 is 15.0 Å². The fourth-order valence-corrected chi connectivity index (χ4v) is 3.43. The van der Waals surface area contributed by atoms with Gasteiger partial charge in [0.05, 0.1) is 12.7 Å². The van der Waals surface area contributed by atoms with Gasteiger partial charge in [0.2, 0.25) is 0 Å². The number of morpholine rings is 1. The van der Waals surface area contributed by atoms with Crippen LogP contribution in [0.25, 0.3) is 0 Å². The molecule has 0 amide bonds. The fraction of sp³-hybridized carbons (Fsp3) is 0.455. The molecule has 1 aliphatic heterocycles. The van der Waals surface area contributed by atoms with Gasteiger partial charge in [0.1, 0.15) is 11.6 Å². The summed E-state index contributed by atoms with van der Waals surface area (Å²) in [5.41, 5.74) is 2.01. The van der Waals surface area contributed by atoms with Gasteiger partial charge < -0.3 is 24.6 Å². The van der Waals surface area contributed by atoms with E-state index in [1.165, 1.54) is 12.1 Å². The van der Waals surface area contributed by atoms with E-state index in [2.05, 4.69) is 37.9 Å². The molecule has 0 radical (unpaired) electrons. The van der Waals surface area contributed by atoms with E-state index in [4.69, 9.17) is 4.74 Å². The second kappa shape index (κ2) is 12.7. The number of alkyl halides is 2. The molecule has 7 nitrogen and oxygen atoms in total. The zero-order valence-electron chi connectivity index (χ0n) is 18.5. The summed E-state index contributed by atoms with van der Waals surface area (Å²) in [7, 11) is 3.64. The molecule has 2 aromatic rings. The number of nitrogens with one attached hydrogen (secondary N) is 1. The van der Waals surface area contributed by atoms with Crippen molar-refractivity contribution in [2.24, 2.45) is 4.99 Å². The molecular formula is C22H30F2IN5O2. The van der Waals surface area contributed by atoms with Gasteiger partial charge in [0.15, 0.2) is 5.96 Å². The number of aromatic nitrogens is 1. The first-order valence-corrected chi connectivity index (χ1v) is 10.2. The normalized spacial score (nSPS) is 16.5. The van der Waals surface area contributed by atoms with Crippen LogP contribution in [0.5, 0.6) is 5.75 Å². The van der Waals surface area contributed by atoms with Crippen LogP contribution in [0.2, 0.25) is 0 Å². The minimum atomic E-state index is -2.82. The van der Waals surface area contributed by atoms with E-state index in [-0.39, 0.29) is 35.8 Å². The molecule has 1 N–H and O–H groups in total. The maximum Gasteiger partial charge on any atom is 0.387 e. The third-order valence-electron chi connectivity index (χ3n) is 4.97. The lowest BCUT2D eigenvalue weighted by molar-refractivity contribution is -0.0498. The van der Waals surface area contributed by atoms with Crippen LogP contribution in [0, 0.1) is 0 Å². The molecule has 1 fully saturated rings. The van der Waals surface area contributed by atoms with Crippen molar-refractivity contribution < 1.29 is 18.3 Å². The van der Waals surface area contributed by atoms with Crippen molar-refractivity contribution in [3.05, 3.63) is 53.7 Å². The van der Waals surface area contributed by atoms with E-state index in [1.807, 2.05) is 24.2 Å². The van der Waals surface area contributed by atoms with Crippen molar-refractivity contribution in [2.45, 2.75) is 32.7 Å². The lowest BCUT2D eigenvalue weighted by Crippen LogP contribution is -2.41. The number of nitrogens with zero attached hydrogens (tertiary/aromatic N) is 4. The van der Waals surface area contributed by atoms with Gasteiger partial charge in [-0.15, -0.1) is 24.0 Å². The van der Waals surface area contributed by atoms with Crippen molar-refractivity contribution in [1.29, 1.82) is 0 Å². The highest BCUT2D eigenvalue weighted by atomic mass is 127. The number of halogens is 3. The van der Waals surface area contributed by atoms with Crippen LogP contribution in [0.4, 0.5) is 14.6 Å². The second-order valence-corrected chi connectivity index (χ2v) is 7.43. The minimum Gasteiger partial charge on any atom is -0.435 e. The summed E-state index contributed by atoms with van der Waals surface area (Å²) in [4.78, 5) is 13.1. The summed E-state index contributed by atoms with van der Waals surface area (Å²) in [5, 5.41) is 3.33. The first-order chi connectivity index (χ1) is 14.9. The molecule has 0 bridgehead atoms. The average Bonchev–Trinajstić information content (AvgIpc) is 2.75. The topological polar surface area (TPSA) is 62.2 Å². The summed E-state index contributed by atoms with van der Waals surface area (Å²) >= 11 is 0. The van der Waals surface area contributed by atoms with Crippen LogP contribution in [-0.4, -0.2) is 62.4 Å². The van der Waals surface area contributed by atoms with Crippen molar-refractivity contribution >= 4 is 35.8 Å². The molecule has 1 saturated heterocycles. The number of hydrogen-bond donors (Lipinski definition) is 1. The molecule has 176 valence electrons. The standard InChI is InChI=1S/C22H29F2N5O2.HI/c1-16-14-29(10-11-30-16)20-9-6-18(12-26-20)13-27-22(25-2)28(3)15-17-4-7-19(8-5-17)31-21(23)24;/h4-9,12,16,21H,10-11,13-15H2,1-3H3,(H,25,27);1H. The maximum atomic E-state index is 12.3. The van der Waals surface area contributed by atoms with Gasteiger partial charge >= 0.3 is 6.61 Å². The van der Waals surface area contributed by atoms with E-state index < -0.39 is 6.61 Å². The third kappa shape index (κ3) is 7.73. The molecule has 1 aromatic heterocycles. The van der Waals surface area contributed by atoms with Crippen molar-refractivity contribution in [3.63, 3.8) is 0 Å². The number of rotatable bonds is 7. The quantitative estimate of drug-likeness (QED) is 0.316. The Morgan fingerprint density at radius 3 is 2.59 bits per heavy atom. The van der Waals surface area contributed by atoms with Crippen molar-refractivity contribution in [3.8, 4) is 5.75 Å². The Hall–Kier alpha value is -2.21. The molecule has 0 spiro atoms. The molecular weight excluding hydrogens is 531 g/mol. The number of guanidine groups is 1. The lowest BCUT2D eigenvalue weighted by atomic mass is 10.2. The number of ether oxygens (including phenoxy) is 2. The molecule has 0 saturated carbocycles. The zero-order chi connectivity index (χ0) is 22.2. The molecule has 0 aliphatic carbocycles. The van der Waals surface area contributed by atoms with Crippen LogP contribution in [0.15, 0.2) is 47.6 Å². The minimum absolute atomic E-state index is 0. The van der Waals surface area contributed by atoms with Gasteiger partial charge in [-0.25, -0.2) is 4.98 Å². The number of anilines is 1. The van der Waals surface area contributed by atoms with E-state index in [9.17, 15) is 8.78 Å². The van der Waals surface area contributed by atoms with E-state index in [1.54, 1.807) is 19.2 Å². The van der Waals surface area contributed by atoms with Gasteiger partial charge in [-0.2, -0.15) is 8.78 Å². The van der Waals surface area contributed by atoms with E-state index >= 15 is 0 Å². The molecule has 1 aliphatic rings. The maximum absolute atomic E-state index is 12.3. The Labute approximate surface area is 204 Å². The summed E-state index contributed by atoms with van der Waals surface area (Å²) < 4.78 is 34.5. The van der Waals surface area contributed by atoms with E-state index in [0.29, 0.717) is 13.1 Å². The lowest BCUT2D eigenvalue weighted by Gasteiger charge is -2.32. The fourth-order valence-electron chi connectivity index (χ4n) is 3.43. The highest BCUT2D eigenvalue weighted by Gasteiger charge is 2.17. The van der Waals surface area contributed by atoms with Crippen LogP contribution in [0.1, 0.15) is 18.1 Å². The Balaban J connectivity index is 0.00000363. The molecule has 10 heteroatoms. The molecule has 32 heavy (non-hydrogen) atoms. The first-order valence-electron chi connectivity index (χ1n) is 10.2. The van der Waals surface area contributed by atoms with Crippen molar-refractivity contribution in [1.82, 2.24) is 15.2 Å². The number of benzene rings is 1. The molecule has 1 atom stereocenters. The van der Waals surface area contributed by atoms with E-state index in [0.717, 1.165) is 42.6 Å². The predicted octanol–water partition coefficient (Wildman–Crippen LogP) is 3.73. The predicted molar refractivity (Wildman–Crippen MR) is 132 cm³/mol. The molecule has 1 aromatic carbocycles. The van der Waals surface area contributed by atoms with Crippen LogP contribution >= 0.6 is 24.0 Å². The Bertz CT molecular complexity index is 852.